The van der Waals surface area contributed by atoms with Gasteiger partial charge < -0.3 is 4.74 Å². The number of rotatable bonds is 3. The Hall–Kier alpha value is -1.58. The van der Waals surface area contributed by atoms with Crippen LogP contribution in [0.4, 0.5) is 0 Å². The fourth-order valence-electron chi connectivity index (χ4n) is 1.81. The largest absolute Gasteiger partial charge is 0.494 e. The highest BCUT2D eigenvalue weighted by Crippen LogP contribution is 2.32. The van der Waals surface area contributed by atoms with E-state index in [4.69, 9.17) is 4.74 Å². The standard InChI is InChI=1S/C11H13N3O/c1-15-10-4-2-3-9-11(10)12-13-14(9)7-8-5-6-8/h2-4,8H,5-7H2,1H3. The molecule has 0 aliphatic heterocycles. The van der Waals surface area contributed by atoms with Gasteiger partial charge in [-0.25, -0.2) is 4.68 Å². The zero-order valence-corrected chi connectivity index (χ0v) is 8.68. The van der Waals surface area contributed by atoms with Gasteiger partial charge in [-0.2, -0.15) is 0 Å². The second-order valence-electron chi connectivity index (χ2n) is 4.04. The van der Waals surface area contributed by atoms with Gasteiger partial charge in [0, 0.05) is 6.54 Å². The van der Waals surface area contributed by atoms with Crippen molar-refractivity contribution in [1.82, 2.24) is 15.0 Å². The zero-order chi connectivity index (χ0) is 10.3. The summed E-state index contributed by atoms with van der Waals surface area (Å²) < 4.78 is 7.23. The molecule has 4 nitrogen and oxygen atoms in total. The summed E-state index contributed by atoms with van der Waals surface area (Å²) in [5.41, 5.74) is 1.93. The Kier molecular flexibility index (Phi) is 1.87. The molecule has 1 aromatic carbocycles. The molecule has 4 heteroatoms. The molecule has 1 heterocycles. The normalized spacial score (nSPS) is 15.8. The molecular weight excluding hydrogens is 190 g/mol. The first-order valence-corrected chi connectivity index (χ1v) is 5.24. The molecule has 0 bridgehead atoms. The molecular formula is C11H13N3O. The Morgan fingerprint density at radius 1 is 1.47 bits per heavy atom. The van der Waals surface area contributed by atoms with Gasteiger partial charge in [0.2, 0.25) is 0 Å². The van der Waals surface area contributed by atoms with Crippen molar-refractivity contribution in [3.63, 3.8) is 0 Å². The van der Waals surface area contributed by atoms with Crippen molar-refractivity contribution in [3.05, 3.63) is 18.2 Å². The van der Waals surface area contributed by atoms with Crippen LogP contribution in [0.3, 0.4) is 0 Å². The fourth-order valence-corrected chi connectivity index (χ4v) is 1.81. The van der Waals surface area contributed by atoms with Crippen LogP contribution < -0.4 is 4.74 Å². The summed E-state index contributed by atoms with van der Waals surface area (Å²) in [5, 5.41) is 8.33. The second kappa shape index (κ2) is 3.22. The van der Waals surface area contributed by atoms with Gasteiger partial charge in [0.15, 0.2) is 5.52 Å². The van der Waals surface area contributed by atoms with Crippen molar-refractivity contribution in [1.29, 1.82) is 0 Å². The van der Waals surface area contributed by atoms with Gasteiger partial charge in [0.25, 0.3) is 0 Å². The summed E-state index contributed by atoms with van der Waals surface area (Å²) in [4.78, 5) is 0. The minimum Gasteiger partial charge on any atom is -0.494 e. The van der Waals surface area contributed by atoms with Crippen LogP contribution in [-0.4, -0.2) is 22.1 Å². The molecule has 1 aliphatic rings. The maximum atomic E-state index is 5.25. The third-order valence-electron chi connectivity index (χ3n) is 2.86. The van der Waals surface area contributed by atoms with Crippen LogP contribution in [0.5, 0.6) is 5.75 Å². The lowest BCUT2D eigenvalue weighted by Crippen LogP contribution is -2.01. The third-order valence-corrected chi connectivity index (χ3v) is 2.86. The number of hydrogen-bond donors (Lipinski definition) is 0. The number of benzene rings is 1. The fraction of sp³-hybridized carbons (Fsp3) is 0.455. The van der Waals surface area contributed by atoms with E-state index in [-0.39, 0.29) is 0 Å². The predicted octanol–water partition coefficient (Wildman–Crippen LogP) is 1.85. The Morgan fingerprint density at radius 3 is 3.07 bits per heavy atom. The van der Waals surface area contributed by atoms with E-state index in [1.54, 1.807) is 7.11 Å². The van der Waals surface area contributed by atoms with E-state index in [0.717, 1.165) is 29.2 Å². The number of ether oxygens (including phenoxy) is 1. The highest BCUT2D eigenvalue weighted by atomic mass is 16.5. The van der Waals surface area contributed by atoms with Crippen molar-refractivity contribution < 1.29 is 4.74 Å². The lowest BCUT2D eigenvalue weighted by molar-refractivity contribution is 0.419. The van der Waals surface area contributed by atoms with Gasteiger partial charge in [0.1, 0.15) is 5.75 Å². The van der Waals surface area contributed by atoms with Crippen LogP contribution in [0.1, 0.15) is 12.8 Å². The molecule has 1 aliphatic carbocycles. The smallest absolute Gasteiger partial charge is 0.155 e. The molecule has 0 spiro atoms. The number of hydrogen-bond acceptors (Lipinski definition) is 3. The first-order valence-electron chi connectivity index (χ1n) is 5.24. The van der Waals surface area contributed by atoms with Crippen molar-refractivity contribution >= 4 is 11.0 Å². The predicted molar refractivity (Wildman–Crippen MR) is 56.8 cm³/mol. The average molecular weight is 203 g/mol. The first kappa shape index (κ1) is 8.71. The van der Waals surface area contributed by atoms with E-state index in [1.165, 1.54) is 12.8 Å². The molecule has 3 rings (SSSR count). The Labute approximate surface area is 87.8 Å². The van der Waals surface area contributed by atoms with E-state index in [1.807, 2.05) is 22.9 Å². The Bertz CT molecular complexity index is 488. The van der Waals surface area contributed by atoms with Crippen LogP contribution in [0, 0.1) is 5.92 Å². The van der Waals surface area contributed by atoms with Gasteiger partial charge in [-0.1, -0.05) is 11.3 Å². The minimum absolute atomic E-state index is 0.801. The maximum Gasteiger partial charge on any atom is 0.155 e. The molecule has 0 radical (unpaired) electrons. The lowest BCUT2D eigenvalue weighted by Gasteiger charge is -2.01. The molecule has 0 amide bonds. The van der Waals surface area contributed by atoms with Crippen LogP contribution in [-0.2, 0) is 6.54 Å². The molecule has 1 aromatic heterocycles. The highest BCUT2D eigenvalue weighted by molar-refractivity contribution is 5.80. The van der Waals surface area contributed by atoms with E-state index < -0.39 is 0 Å². The zero-order valence-electron chi connectivity index (χ0n) is 8.68. The molecule has 1 saturated carbocycles. The van der Waals surface area contributed by atoms with E-state index >= 15 is 0 Å². The lowest BCUT2D eigenvalue weighted by atomic mass is 10.3. The van der Waals surface area contributed by atoms with Crippen LogP contribution >= 0.6 is 0 Å². The van der Waals surface area contributed by atoms with Crippen LogP contribution in [0.15, 0.2) is 18.2 Å². The summed E-state index contributed by atoms with van der Waals surface area (Å²) in [6.45, 7) is 0.990. The molecule has 1 fully saturated rings. The molecule has 78 valence electrons. The summed E-state index contributed by atoms with van der Waals surface area (Å²) in [5.74, 6) is 1.61. The van der Waals surface area contributed by atoms with E-state index in [9.17, 15) is 0 Å². The molecule has 15 heavy (non-hydrogen) atoms. The number of nitrogens with zero attached hydrogens (tertiary/aromatic N) is 3. The molecule has 0 atom stereocenters. The average Bonchev–Trinajstić information content (AvgIpc) is 2.99. The summed E-state index contributed by atoms with van der Waals surface area (Å²) in [7, 11) is 1.66. The monoisotopic (exact) mass is 203 g/mol. The Morgan fingerprint density at radius 2 is 2.33 bits per heavy atom. The quantitative estimate of drug-likeness (QED) is 0.764. The van der Waals surface area contributed by atoms with Gasteiger partial charge >= 0.3 is 0 Å². The van der Waals surface area contributed by atoms with Crippen molar-refractivity contribution in [2.45, 2.75) is 19.4 Å². The number of methoxy groups -OCH3 is 1. The molecule has 0 unspecified atom stereocenters. The van der Waals surface area contributed by atoms with Crippen molar-refractivity contribution in [2.24, 2.45) is 5.92 Å². The second-order valence-corrected chi connectivity index (χ2v) is 4.04. The van der Waals surface area contributed by atoms with Crippen molar-refractivity contribution in [2.75, 3.05) is 7.11 Å². The number of aromatic nitrogens is 3. The summed E-state index contributed by atoms with van der Waals surface area (Å²) >= 11 is 0. The van der Waals surface area contributed by atoms with Gasteiger partial charge in [-0.15, -0.1) is 5.10 Å². The van der Waals surface area contributed by atoms with Gasteiger partial charge in [-0.05, 0) is 30.9 Å². The number of fused-ring (bicyclic) bond motifs is 1. The van der Waals surface area contributed by atoms with Gasteiger partial charge in [0.05, 0.1) is 12.6 Å². The van der Waals surface area contributed by atoms with Crippen LogP contribution in [0.25, 0.3) is 11.0 Å². The third kappa shape index (κ3) is 1.46. The first-order chi connectivity index (χ1) is 7.38. The molecule has 0 saturated heterocycles. The minimum atomic E-state index is 0.801. The highest BCUT2D eigenvalue weighted by Gasteiger charge is 2.23. The topological polar surface area (TPSA) is 39.9 Å². The van der Waals surface area contributed by atoms with Gasteiger partial charge in [-0.3, -0.25) is 0 Å². The van der Waals surface area contributed by atoms with E-state index in [2.05, 4.69) is 10.3 Å². The molecule has 0 N–H and O–H groups in total. The SMILES string of the molecule is COc1cccc2c1nnn2CC1CC1. The van der Waals surface area contributed by atoms with E-state index in [0.29, 0.717) is 0 Å². The maximum absolute atomic E-state index is 5.25. The van der Waals surface area contributed by atoms with Crippen molar-refractivity contribution in [3.8, 4) is 5.75 Å². The summed E-state index contributed by atoms with van der Waals surface area (Å²) in [6, 6.07) is 5.94. The Balaban J connectivity index is 2.08. The summed E-state index contributed by atoms with van der Waals surface area (Å²) in [6.07, 6.45) is 2.65. The molecule has 2 aromatic rings. The van der Waals surface area contributed by atoms with Crippen LogP contribution in [0.2, 0.25) is 0 Å².